The maximum atomic E-state index is 13.5. The van der Waals surface area contributed by atoms with Gasteiger partial charge in [-0.2, -0.15) is 0 Å². The van der Waals surface area contributed by atoms with Crippen molar-refractivity contribution in [3.05, 3.63) is 132 Å². The number of benzene rings is 5. The minimum Gasteiger partial charge on any atom is -0.493 e. The number of ether oxygens (including phenoxy) is 4. The van der Waals surface area contributed by atoms with Gasteiger partial charge in [0.05, 0.1) is 38.6 Å². The SMILES string of the molecule is CN(C(=O)c1ccc(-c2ccc(OCCC3CO3)cc2)cc1)c1cccc(N(C)C(=O)c2ccc(-c3ccc(OCCC4CO4)cc3)cc2)c1. The Labute approximate surface area is 292 Å². The first-order valence-electron chi connectivity index (χ1n) is 17.0. The molecule has 0 aromatic heterocycles. The zero-order valence-corrected chi connectivity index (χ0v) is 28.3. The van der Waals surface area contributed by atoms with Crippen molar-refractivity contribution in [2.75, 3.05) is 50.3 Å². The fourth-order valence-electron chi connectivity index (χ4n) is 5.72. The van der Waals surface area contributed by atoms with E-state index in [1.54, 1.807) is 23.9 Å². The number of anilines is 2. The number of hydrogen-bond donors (Lipinski definition) is 0. The van der Waals surface area contributed by atoms with Gasteiger partial charge in [0.25, 0.3) is 11.8 Å². The van der Waals surface area contributed by atoms with Gasteiger partial charge in [-0.1, -0.05) is 54.6 Å². The molecule has 8 nitrogen and oxygen atoms in total. The summed E-state index contributed by atoms with van der Waals surface area (Å²) in [7, 11) is 3.48. The van der Waals surface area contributed by atoms with E-state index in [1.165, 1.54) is 0 Å². The summed E-state index contributed by atoms with van der Waals surface area (Å²) in [6.07, 6.45) is 2.52. The molecule has 254 valence electrons. The fourth-order valence-corrected chi connectivity index (χ4v) is 5.72. The van der Waals surface area contributed by atoms with E-state index in [1.807, 2.05) is 121 Å². The first-order chi connectivity index (χ1) is 24.4. The van der Waals surface area contributed by atoms with Crippen molar-refractivity contribution >= 4 is 23.2 Å². The molecule has 2 atom stereocenters. The smallest absolute Gasteiger partial charge is 0.258 e. The molecule has 0 spiro atoms. The topological polar surface area (TPSA) is 84.1 Å². The largest absolute Gasteiger partial charge is 0.493 e. The molecule has 7 rings (SSSR count). The number of carbonyl (C=O) groups is 2. The lowest BCUT2D eigenvalue weighted by Gasteiger charge is -2.22. The van der Waals surface area contributed by atoms with Crippen molar-refractivity contribution in [1.82, 2.24) is 0 Å². The summed E-state index contributed by atoms with van der Waals surface area (Å²) in [5, 5.41) is 0. The molecule has 0 bridgehead atoms. The zero-order chi connectivity index (χ0) is 34.5. The maximum absolute atomic E-state index is 13.5. The van der Waals surface area contributed by atoms with Crippen molar-refractivity contribution < 1.29 is 28.5 Å². The third kappa shape index (κ3) is 8.22. The zero-order valence-electron chi connectivity index (χ0n) is 28.3. The second kappa shape index (κ2) is 15.0. The van der Waals surface area contributed by atoms with Crippen LogP contribution in [0.25, 0.3) is 22.3 Å². The molecule has 2 heterocycles. The highest BCUT2D eigenvalue weighted by Crippen LogP contribution is 2.28. The Morgan fingerprint density at radius 3 is 1.24 bits per heavy atom. The Balaban J connectivity index is 0.949. The van der Waals surface area contributed by atoms with Gasteiger partial charge in [0.15, 0.2) is 0 Å². The van der Waals surface area contributed by atoms with Crippen LogP contribution < -0.4 is 19.3 Å². The predicted molar refractivity (Wildman–Crippen MR) is 195 cm³/mol. The van der Waals surface area contributed by atoms with Crippen LogP contribution >= 0.6 is 0 Å². The second-order valence-corrected chi connectivity index (χ2v) is 12.6. The lowest BCUT2D eigenvalue weighted by molar-refractivity contribution is 0.0986. The van der Waals surface area contributed by atoms with Gasteiger partial charge in [-0.15, -0.1) is 0 Å². The second-order valence-electron chi connectivity index (χ2n) is 12.6. The van der Waals surface area contributed by atoms with Crippen LogP contribution in [-0.4, -0.2) is 64.5 Å². The first-order valence-corrected chi connectivity index (χ1v) is 17.0. The monoisotopic (exact) mass is 668 g/mol. The summed E-state index contributed by atoms with van der Waals surface area (Å²) in [5.74, 6) is 1.37. The van der Waals surface area contributed by atoms with E-state index in [2.05, 4.69) is 0 Å². The molecular formula is C42H40N2O6. The van der Waals surface area contributed by atoms with Gasteiger partial charge < -0.3 is 28.7 Å². The summed E-state index contributed by atoms with van der Waals surface area (Å²) < 4.78 is 22.1. The molecule has 2 fully saturated rings. The average molecular weight is 669 g/mol. The van der Waals surface area contributed by atoms with Gasteiger partial charge in [0.1, 0.15) is 11.5 Å². The standard InChI is InChI=1S/C42H40N2O6/c1-43(41(45)33-10-6-29(7-11-33)31-14-18-37(19-15-31)47-24-22-39-27-49-39)35-4-3-5-36(26-35)44(2)42(46)34-12-8-30(9-13-34)32-16-20-38(21-17-32)48-25-23-40-28-50-40/h3-21,26,39-40H,22-25,27-28H2,1-2H3. The highest BCUT2D eigenvalue weighted by atomic mass is 16.6. The van der Waals surface area contributed by atoms with Crippen molar-refractivity contribution in [3.63, 3.8) is 0 Å². The predicted octanol–water partition coefficient (Wildman–Crippen LogP) is 7.91. The van der Waals surface area contributed by atoms with Crippen LogP contribution in [0.3, 0.4) is 0 Å². The van der Waals surface area contributed by atoms with E-state index in [4.69, 9.17) is 18.9 Å². The Hall–Kier alpha value is -5.44. The number of carbonyl (C=O) groups excluding carboxylic acids is 2. The molecule has 2 saturated heterocycles. The highest BCUT2D eigenvalue weighted by molar-refractivity contribution is 6.08. The quantitative estimate of drug-likeness (QED) is 0.112. The molecule has 2 aliphatic rings. The maximum Gasteiger partial charge on any atom is 0.258 e. The van der Waals surface area contributed by atoms with Crippen LogP contribution in [0.15, 0.2) is 121 Å². The van der Waals surface area contributed by atoms with Crippen LogP contribution in [-0.2, 0) is 9.47 Å². The Morgan fingerprint density at radius 2 is 0.900 bits per heavy atom. The third-order valence-electron chi connectivity index (χ3n) is 9.07. The third-order valence-corrected chi connectivity index (χ3v) is 9.07. The molecule has 8 heteroatoms. The van der Waals surface area contributed by atoms with E-state index in [0.717, 1.165) is 59.8 Å². The van der Waals surface area contributed by atoms with E-state index in [-0.39, 0.29) is 11.8 Å². The summed E-state index contributed by atoms with van der Waals surface area (Å²) in [6, 6.07) is 38.5. The fraction of sp³-hybridized carbons (Fsp3) is 0.238. The summed E-state index contributed by atoms with van der Waals surface area (Å²) in [6.45, 7) is 2.96. The number of amides is 2. The van der Waals surface area contributed by atoms with Gasteiger partial charge in [-0.05, 0) is 89.0 Å². The molecule has 0 radical (unpaired) electrons. The lowest BCUT2D eigenvalue weighted by Crippen LogP contribution is -2.28. The lowest BCUT2D eigenvalue weighted by atomic mass is 10.0. The van der Waals surface area contributed by atoms with Crippen LogP contribution in [0.1, 0.15) is 33.6 Å². The van der Waals surface area contributed by atoms with Gasteiger partial charge in [0, 0.05) is 49.4 Å². The van der Waals surface area contributed by atoms with Crippen molar-refractivity contribution in [2.24, 2.45) is 0 Å². The molecular weight excluding hydrogens is 628 g/mol. The molecule has 2 unspecified atom stereocenters. The minimum absolute atomic E-state index is 0.144. The van der Waals surface area contributed by atoms with E-state index < -0.39 is 0 Å². The van der Waals surface area contributed by atoms with Gasteiger partial charge in [-0.3, -0.25) is 9.59 Å². The molecule has 5 aromatic carbocycles. The van der Waals surface area contributed by atoms with Crippen LogP contribution in [0.4, 0.5) is 11.4 Å². The molecule has 0 saturated carbocycles. The van der Waals surface area contributed by atoms with Crippen molar-refractivity contribution in [2.45, 2.75) is 25.0 Å². The van der Waals surface area contributed by atoms with Crippen LogP contribution in [0.2, 0.25) is 0 Å². The minimum atomic E-state index is -0.144. The Morgan fingerprint density at radius 1 is 0.560 bits per heavy atom. The van der Waals surface area contributed by atoms with Crippen LogP contribution in [0.5, 0.6) is 11.5 Å². The summed E-state index contributed by atoms with van der Waals surface area (Å²) in [4.78, 5) is 30.2. The molecule has 2 aliphatic heterocycles. The average Bonchev–Trinajstić information content (AvgIpc) is 4.12. The van der Waals surface area contributed by atoms with E-state index in [9.17, 15) is 9.59 Å². The molecule has 0 N–H and O–H groups in total. The Kier molecular flexibility index (Phi) is 9.91. The molecule has 0 aliphatic carbocycles. The normalized spacial score (nSPS) is 16.0. The van der Waals surface area contributed by atoms with Crippen molar-refractivity contribution in [3.8, 4) is 33.8 Å². The number of nitrogens with zero attached hydrogens (tertiary/aromatic N) is 2. The summed E-state index contributed by atoms with van der Waals surface area (Å²) >= 11 is 0. The van der Waals surface area contributed by atoms with Gasteiger partial charge >= 0.3 is 0 Å². The highest BCUT2D eigenvalue weighted by Gasteiger charge is 2.23. The summed E-state index contributed by atoms with van der Waals surface area (Å²) in [5.41, 5.74) is 6.61. The molecule has 5 aromatic rings. The number of hydrogen-bond acceptors (Lipinski definition) is 6. The Bertz CT molecular complexity index is 1780. The molecule has 50 heavy (non-hydrogen) atoms. The van der Waals surface area contributed by atoms with Gasteiger partial charge in [-0.25, -0.2) is 0 Å². The van der Waals surface area contributed by atoms with Crippen LogP contribution in [0, 0.1) is 0 Å². The van der Waals surface area contributed by atoms with E-state index in [0.29, 0.717) is 47.9 Å². The van der Waals surface area contributed by atoms with Gasteiger partial charge in [0.2, 0.25) is 0 Å². The number of rotatable bonds is 14. The first kappa shape index (κ1) is 33.1. The molecule has 2 amide bonds. The van der Waals surface area contributed by atoms with Crippen molar-refractivity contribution in [1.29, 1.82) is 0 Å². The number of epoxide rings is 2. The van der Waals surface area contributed by atoms with E-state index >= 15 is 0 Å².